The van der Waals surface area contributed by atoms with E-state index in [2.05, 4.69) is 78.2 Å². The van der Waals surface area contributed by atoms with Gasteiger partial charge in [-0.25, -0.2) is 9.97 Å². The average molecular weight is 538 g/mol. The minimum Gasteiger partial charge on any atom is -0.351 e. The van der Waals surface area contributed by atoms with E-state index in [4.69, 9.17) is 0 Å². The predicted octanol–water partition coefficient (Wildman–Crippen LogP) is 5.23. The SMILES string of the molecule is O=C1NC(=O)/C(=C/c2ccnc(N[C@H]3CC[C@H](NCc4ccc5ccccc5c4Br)CC3)n2)S1. The molecule has 2 heterocycles. The van der Waals surface area contributed by atoms with E-state index in [1.807, 2.05) is 0 Å². The zero-order valence-electron chi connectivity index (χ0n) is 18.4. The molecular formula is C25H24BrN5O2S. The van der Waals surface area contributed by atoms with E-state index < -0.39 is 0 Å². The Hall–Kier alpha value is -2.75. The van der Waals surface area contributed by atoms with Crippen LogP contribution in [0.25, 0.3) is 16.8 Å². The number of anilines is 1. The van der Waals surface area contributed by atoms with Crippen molar-refractivity contribution in [2.45, 2.75) is 44.3 Å². The lowest BCUT2D eigenvalue weighted by Gasteiger charge is -2.30. The van der Waals surface area contributed by atoms with E-state index in [9.17, 15) is 9.59 Å². The van der Waals surface area contributed by atoms with Crippen LogP contribution in [0.5, 0.6) is 0 Å². The molecule has 34 heavy (non-hydrogen) atoms. The molecule has 5 rings (SSSR count). The topological polar surface area (TPSA) is 96.0 Å². The van der Waals surface area contributed by atoms with Crippen molar-refractivity contribution in [3.8, 4) is 0 Å². The van der Waals surface area contributed by atoms with Gasteiger partial charge >= 0.3 is 0 Å². The summed E-state index contributed by atoms with van der Waals surface area (Å²) in [7, 11) is 0. The first-order valence-electron chi connectivity index (χ1n) is 11.3. The number of halogens is 1. The highest BCUT2D eigenvalue weighted by atomic mass is 79.9. The highest BCUT2D eigenvalue weighted by Gasteiger charge is 2.25. The molecule has 1 aromatic heterocycles. The predicted molar refractivity (Wildman–Crippen MR) is 139 cm³/mol. The Bertz CT molecular complexity index is 1270. The van der Waals surface area contributed by atoms with Gasteiger partial charge < -0.3 is 10.6 Å². The number of nitrogens with zero attached hydrogens (tertiary/aromatic N) is 2. The molecule has 1 aliphatic carbocycles. The van der Waals surface area contributed by atoms with Gasteiger partial charge in [-0.3, -0.25) is 14.9 Å². The van der Waals surface area contributed by atoms with Crippen molar-refractivity contribution in [1.82, 2.24) is 20.6 Å². The Morgan fingerprint density at radius 3 is 2.65 bits per heavy atom. The van der Waals surface area contributed by atoms with Crippen LogP contribution in [0.1, 0.15) is 36.9 Å². The third-order valence-electron chi connectivity index (χ3n) is 6.18. The molecule has 2 aromatic carbocycles. The van der Waals surface area contributed by atoms with Crippen LogP contribution in [0.4, 0.5) is 10.7 Å². The lowest BCUT2D eigenvalue weighted by molar-refractivity contribution is -0.115. The molecule has 1 saturated carbocycles. The zero-order chi connectivity index (χ0) is 23.5. The molecule has 9 heteroatoms. The molecule has 7 nitrogen and oxygen atoms in total. The fourth-order valence-corrected chi connectivity index (χ4v) is 5.67. The summed E-state index contributed by atoms with van der Waals surface area (Å²) in [6.07, 6.45) is 7.48. The van der Waals surface area contributed by atoms with Crippen molar-refractivity contribution in [3.63, 3.8) is 0 Å². The number of fused-ring (bicyclic) bond motifs is 1. The van der Waals surface area contributed by atoms with E-state index in [-0.39, 0.29) is 11.1 Å². The largest absolute Gasteiger partial charge is 0.351 e. The van der Waals surface area contributed by atoms with Crippen molar-refractivity contribution >= 4 is 61.6 Å². The van der Waals surface area contributed by atoms with Gasteiger partial charge in [0.1, 0.15) is 0 Å². The van der Waals surface area contributed by atoms with Crippen LogP contribution < -0.4 is 16.0 Å². The number of rotatable bonds is 6. The van der Waals surface area contributed by atoms with Crippen molar-refractivity contribution in [3.05, 3.63) is 69.3 Å². The zero-order valence-corrected chi connectivity index (χ0v) is 20.8. The van der Waals surface area contributed by atoms with Gasteiger partial charge in [0, 0.05) is 29.3 Å². The average Bonchev–Trinajstić information content (AvgIpc) is 3.16. The Morgan fingerprint density at radius 1 is 1.06 bits per heavy atom. The number of hydrogen-bond donors (Lipinski definition) is 3. The molecule has 3 N–H and O–H groups in total. The summed E-state index contributed by atoms with van der Waals surface area (Å²) in [5.74, 6) is 0.158. The highest BCUT2D eigenvalue weighted by Crippen LogP contribution is 2.29. The number of benzene rings is 2. The molecule has 174 valence electrons. The van der Waals surface area contributed by atoms with E-state index in [1.165, 1.54) is 20.8 Å². The van der Waals surface area contributed by atoms with Crippen LogP contribution in [0, 0.1) is 0 Å². The fraction of sp³-hybridized carbons (Fsp3) is 0.280. The van der Waals surface area contributed by atoms with Crippen LogP contribution in [0.2, 0.25) is 0 Å². The van der Waals surface area contributed by atoms with Gasteiger partial charge in [0.05, 0.1) is 10.6 Å². The maximum atomic E-state index is 11.8. The van der Waals surface area contributed by atoms with Crippen molar-refractivity contribution in [2.75, 3.05) is 5.32 Å². The number of hydrogen-bond acceptors (Lipinski definition) is 7. The molecule has 0 atom stereocenters. The fourth-order valence-electron chi connectivity index (χ4n) is 4.37. The first kappa shape index (κ1) is 23.0. The standard InChI is InChI=1S/C25H24BrN5O2S/c26-22-16(6-5-15-3-1-2-4-20(15)22)14-28-17-7-9-18(10-8-17)29-24-27-12-11-19(30-24)13-21-23(32)31-25(33)34-21/h1-6,11-13,17-18,28H,7-10,14H2,(H,27,29,30)(H,31,32,33)/b21-13-/t17-,18-. The number of carbonyl (C=O) groups is 2. The molecule has 3 aromatic rings. The van der Waals surface area contributed by atoms with Crippen LogP contribution in [0.15, 0.2) is 58.0 Å². The molecular weight excluding hydrogens is 514 g/mol. The van der Waals surface area contributed by atoms with Gasteiger partial charge in [-0.2, -0.15) is 0 Å². The molecule has 0 spiro atoms. The Labute approximate surface area is 210 Å². The summed E-state index contributed by atoms with van der Waals surface area (Å²) in [6.45, 7) is 0.835. The Balaban J connectivity index is 1.14. The van der Waals surface area contributed by atoms with E-state index in [1.54, 1.807) is 18.3 Å². The molecule has 0 unspecified atom stereocenters. The number of aromatic nitrogens is 2. The number of amides is 2. The van der Waals surface area contributed by atoms with Gasteiger partial charge in [0.25, 0.3) is 11.1 Å². The minimum atomic E-state index is -0.385. The van der Waals surface area contributed by atoms with Crippen molar-refractivity contribution < 1.29 is 9.59 Å². The van der Waals surface area contributed by atoms with Crippen LogP contribution in [0.3, 0.4) is 0 Å². The molecule has 0 radical (unpaired) electrons. The lowest BCUT2D eigenvalue weighted by atomic mass is 9.91. The first-order chi connectivity index (χ1) is 16.5. The number of nitrogens with one attached hydrogen (secondary N) is 3. The molecule has 0 bridgehead atoms. The first-order valence-corrected chi connectivity index (χ1v) is 12.9. The summed E-state index contributed by atoms with van der Waals surface area (Å²) in [5.41, 5.74) is 1.87. The second kappa shape index (κ2) is 10.2. The third-order valence-corrected chi connectivity index (χ3v) is 7.93. The monoisotopic (exact) mass is 537 g/mol. The Morgan fingerprint density at radius 2 is 1.85 bits per heavy atom. The summed E-state index contributed by atoms with van der Waals surface area (Å²) in [5, 5.41) is 11.5. The van der Waals surface area contributed by atoms with Gasteiger partial charge in [0.2, 0.25) is 5.95 Å². The second-order valence-corrected chi connectivity index (χ2v) is 10.3. The van der Waals surface area contributed by atoms with Gasteiger partial charge in [-0.1, -0.05) is 36.4 Å². The Kier molecular flexibility index (Phi) is 6.94. The summed E-state index contributed by atoms with van der Waals surface area (Å²) in [4.78, 5) is 32.3. The van der Waals surface area contributed by atoms with E-state index in [0.717, 1.165) is 44.0 Å². The second-order valence-electron chi connectivity index (χ2n) is 8.49. The maximum absolute atomic E-state index is 11.8. The molecule has 1 saturated heterocycles. The summed E-state index contributed by atoms with van der Waals surface area (Å²) >= 11 is 4.67. The number of thioether (sulfide) groups is 1. The summed E-state index contributed by atoms with van der Waals surface area (Å²) < 4.78 is 1.17. The summed E-state index contributed by atoms with van der Waals surface area (Å²) in [6, 6.07) is 15.3. The van der Waals surface area contributed by atoms with Gasteiger partial charge in [-0.05, 0) is 81.9 Å². The van der Waals surface area contributed by atoms with Gasteiger partial charge in [0.15, 0.2) is 0 Å². The lowest BCUT2D eigenvalue weighted by Crippen LogP contribution is -2.37. The smallest absolute Gasteiger partial charge is 0.290 e. The molecule has 2 fully saturated rings. The molecule has 2 amide bonds. The van der Waals surface area contributed by atoms with Crippen molar-refractivity contribution in [2.24, 2.45) is 0 Å². The van der Waals surface area contributed by atoms with Crippen molar-refractivity contribution in [1.29, 1.82) is 0 Å². The van der Waals surface area contributed by atoms with E-state index >= 15 is 0 Å². The highest BCUT2D eigenvalue weighted by molar-refractivity contribution is 9.10. The number of imide groups is 1. The number of carbonyl (C=O) groups excluding carboxylic acids is 2. The van der Waals surface area contributed by atoms with Crippen LogP contribution >= 0.6 is 27.7 Å². The van der Waals surface area contributed by atoms with Crippen LogP contribution in [-0.4, -0.2) is 33.2 Å². The quantitative estimate of drug-likeness (QED) is 0.370. The third kappa shape index (κ3) is 5.32. The molecule has 2 aliphatic rings. The minimum absolute atomic E-state index is 0.305. The van der Waals surface area contributed by atoms with Crippen LogP contribution in [-0.2, 0) is 11.3 Å². The van der Waals surface area contributed by atoms with Gasteiger partial charge in [-0.15, -0.1) is 0 Å². The molecule has 1 aliphatic heterocycles. The van der Waals surface area contributed by atoms with E-state index in [0.29, 0.717) is 28.6 Å². The maximum Gasteiger partial charge on any atom is 0.290 e. The normalized spacial score (nSPS) is 21.7.